The van der Waals surface area contributed by atoms with Gasteiger partial charge in [0.2, 0.25) is 0 Å². The van der Waals surface area contributed by atoms with Crippen molar-refractivity contribution in [3.63, 3.8) is 0 Å². The molecular weight excluding hydrogens is 385 g/mol. The highest BCUT2D eigenvalue weighted by Crippen LogP contribution is 2.11. The van der Waals surface area contributed by atoms with Crippen molar-refractivity contribution in [3.05, 3.63) is 16.1 Å². The molecule has 0 aliphatic rings. The molecule has 0 aromatic carbocycles. The van der Waals surface area contributed by atoms with Crippen LogP contribution in [0.4, 0.5) is 0 Å². The number of aliphatic imine (C=N–C) groups is 1. The smallest absolute Gasteiger partial charge is 0.191 e. The van der Waals surface area contributed by atoms with Gasteiger partial charge in [0.1, 0.15) is 5.01 Å². The van der Waals surface area contributed by atoms with Crippen LogP contribution in [0.5, 0.6) is 0 Å². The second-order valence-electron chi connectivity index (χ2n) is 4.64. The van der Waals surface area contributed by atoms with Gasteiger partial charge in [0, 0.05) is 24.2 Å². The Morgan fingerprint density at radius 1 is 1.40 bits per heavy atom. The fraction of sp³-hybridized carbons (Fsp3) is 0.692. The lowest BCUT2D eigenvalue weighted by atomic mass is 10.4. The minimum atomic E-state index is 0. The van der Waals surface area contributed by atoms with Gasteiger partial charge in [0.05, 0.1) is 6.54 Å². The van der Waals surface area contributed by atoms with E-state index in [0.717, 1.165) is 37.0 Å². The summed E-state index contributed by atoms with van der Waals surface area (Å²) in [5.41, 5.74) is 0. The van der Waals surface area contributed by atoms with E-state index in [4.69, 9.17) is 0 Å². The summed E-state index contributed by atoms with van der Waals surface area (Å²) < 4.78 is 0. The Morgan fingerprint density at radius 3 is 2.70 bits per heavy atom. The van der Waals surface area contributed by atoms with Crippen LogP contribution >= 0.6 is 35.3 Å². The Kier molecular flexibility index (Phi) is 11.0. The molecule has 1 rings (SSSR count). The average molecular weight is 411 g/mol. The van der Waals surface area contributed by atoms with Crippen LogP contribution in [-0.4, -0.2) is 49.6 Å². The third kappa shape index (κ3) is 8.70. The van der Waals surface area contributed by atoms with E-state index in [0.29, 0.717) is 6.54 Å². The molecule has 1 heterocycles. The SMILES string of the molecule is CCNC(=NCc1ncc(C)s1)NCCCN(C)C.I. The standard InChI is InChI=1S/C13H25N5S.HI/c1-5-14-13(15-7-6-8-18(3)4)17-10-12-16-9-11(2)19-12;/h9H,5-8,10H2,1-4H3,(H2,14,15,17);1H. The molecule has 0 saturated carbocycles. The van der Waals surface area contributed by atoms with Crippen LogP contribution in [0.3, 0.4) is 0 Å². The quantitative estimate of drug-likeness (QED) is 0.312. The van der Waals surface area contributed by atoms with Gasteiger partial charge in [-0.15, -0.1) is 35.3 Å². The van der Waals surface area contributed by atoms with Gasteiger partial charge in [0.25, 0.3) is 0 Å². The first kappa shape index (κ1) is 19.6. The number of aromatic nitrogens is 1. The summed E-state index contributed by atoms with van der Waals surface area (Å²) in [7, 11) is 4.17. The third-order valence-electron chi connectivity index (χ3n) is 2.46. The lowest BCUT2D eigenvalue weighted by Gasteiger charge is -2.13. The predicted molar refractivity (Wildman–Crippen MR) is 98.3 cm³/mol. The molecular formula is C13H26IN5S. The minimum Gasteiger partial charge on any atom is -0.357 e. The number of hydrogen-bond donors (Lipinski definition) is 2. The molecule has 20 heavy (non-hydrogen) atoms. The van der Waals surface area contributed by atoms with Gasteiger partial charge >= 0.3 is 0 Å². The maximum Gasteiger partial charge on any atom is 0.191 e. The monoisotopic (exact) mass is 411 g/mol. The second-order valence-corrected chi connectivity index (χ2v) is 5.96. The first-order valence-corrected chi connectivity index (χ1v) is 7.51. The Balaban J connectivity index is 0.00000361. The molecule has 0 fully saturated rings. The number of rotatable bonds is 7. The third-order valence-corrected chi connectivity index (χ3v) is 3.36. The van der Waals surface area contributed by atoms with E-state index in [1.807, 2.05) is 6.20 Å². The number of nitrogens with one attached hydrogen (secondary N) is 2. The highest BCUT2D eigenvalue weighted by atomic mass is 127. The van der Waals surface area contributed by atoms with E-state index in [2.05, 4.69) is 53.5 Å². The molecule has 0 bridgehead atoms. The van der Waals surface area contributed by atoms with Crippen molar-refractivity contribution >= 4 is 41.3 Å². The number of nitrogens with zero attached hydrogens (tertiary/aromatic N) is 3. The highest BCUT2D eigenvalue weighted by molar-refractivity contribution is 14.0. The van der Waals surface area contributed by atoms with Crippen molar-refractivity contribution in [2.45, 2.75) is 26.8 Å². The van der Waals surface area contributed by atoms with Gasteiger partial charge < -0.3 is 15.5 Å². The van der Waals surface area contributed by atoms with Crippen molar-refractivity contribution in [1.29, 1.82) is 0 Å². The molecule has 0 aliphatic heterocycles. The van der Waals surface area contributed by atoms with E-state index in [1.165, 1.54) is 4.88 Å². The summed E-state index contributed by atoms with van der Waals surface area (Å²) in [6, 6.07) is 0. The Morgan fingerprint density at radius 2 is 2.15 bits per heavy atom. The molecule has 0 amide bonds. The largest absolute Gasteiger partial charge is 0.357 e. The van der Waals surface area contributed by atoms with Crippen LogP contribution in [0.1, 0.15) is 23.2 Å². The van der Waals surface area contributed by atoms with Crippen molar-refractivity contribution < 1.29 is 0 Å². The summed E-state index contributed by atoms with van der Waals surface area (Å²) >= 11 is 1.70. The Labute approximate surface area is 143 Å². The first-order chi connectivity index (χ1) is 9.11. The lowest BCUT2D eigenvalue weighted by Crippen LogP contribution is -2.38. The van der Waals surface area contributed by atoms with Gasteiger partial charge in [-0.05, 0) is 40.9 Å². The molecule has 2 N–H and O–H groups in total. The average Bonchev–Trinajstić information content (AvgIpc) is 2.77. The zero-order valence-electron chi connectivity index (χ0n) is 12.8. The lowest BCUT2D eigenvalue weighted by molar-refractivity contribution is 0.399. The predicted octanol–water partition coefficient (Wildman–Crippen LogP) is 2.08. The molecule has 0 spiro atoms. The number of halogens is 1. The normalized spacial score (nSPS) is 11.3. The maximum atomic E-state index is 4.54. The number of thiazole rings is 1. The first-order valence-electron chi connectivity index (χ1n) is 6.70. The van der Waals surface area contributed by atoms with Crippen LogP contribution in [0.25, 0.3) is 0 Å². The van der Waals surface area contributed by atoms with E-state index in [1.54, 1.807) is 11.3 Å². The second kappa shape index (κ2) is 11.3. The Bertz CT molecular complexity index is 392. The minimum absolute atomic E-state index is 0. The van der Waals surface area contributed by atoms with E-state index in [9.17, 15) is 0 Å². The molecule has 0 radical (unpaired) electrons. The van der Waals surface area contributed by atoms with E-state index in [-0.39, 0.29) is 24.0 Å². The number of aryl methyl sites for hydroxylation is 1. The fourth-order valence-corrected chi connectivity index (χ4v) is 2.28. The molecule has 116 valence electrons. The maximum absolute atomic E-state index is 4.54. The van der Waals surface area contributed by atoms with Crippen LogP contribution in [0.15, 0.2) is 11.2 Å². The summed E-state index contributed by atoms with van der Waals surface area (Å²) in [5.74, 6) is 0.870. The van der Waals surface area contributed by atoms with Crippen molar-refractivity contribution in [2.24, 2.45) is 4.99 Å². The molecule has 0 aliphatic carbocycles. The van der Waals surface area contributed by atoms with Gasteiger partial charge in [-0.25, -0.2) is 9.98 Å². The van der Waals surface area contributed by atoms with E-state index >= 15 is 0 Å². The summed E-state index contributed by atoms with van der Waals surface area (Å²) in [6.45, 7) is 7.66. The van der Waals surface area contributed by atoms with Crippen LogP contribution in [0, 0.1) is 6.92 Å². The van der Waals surface area contributed by atoms with Crippen LogP contribution in [-0.2, 0) is 6.54 Å². The Hall–Kier alpha value is -0.410. The topological polar surface area (TPSA) is 52.6 Å². The molecule has 1 aromatic heterocycles. The fourth-order valence-electron chi connectivity index (χ4n) is 1.57. The summed E-state index contributed by atoms with van der Waals surface area (Å²) in [4.78, 5) is 12.3. The van der Waals surface area contributed by atoms with Gasteiger partial charge in [-0.3, -0.25) is 0 Å². The van der Waals surface area contributed by atoms with Gasteiger partial charge in [-0.1, -0.05) is 0 Å². The van der Waals surface area contributed by atoms with Crippen molar-refractivity contribution in [1.82, 2.24) is 20.5 Å². The molecule has 0 unspecified atom stereocenters. The molecule has 1 aromatic rings. The highest BCUT2D eigenvalue weighted by Gasteiger charge is 2.00. The van der Waals surface area contributed by atoms with Crippen LogP contribution < -0.4 is 10.6 Å². The van der Waals surface area contributed by atoms with E-state index < -0.39 is 0 Å². The zero-order chi connectivity index (χ0) is 14.1. The van der Waals surface area contributed by atoms with Crippen molar-refractivity contribution in [3.8, 4) is 0 Å². The molecule has 7 heteroatoms. The molecule has 5 nitrogen and oxygen atoms in total. The van der Waals surface area contributed by atoms with Crippen molar-refractivity contribution in [2.75, 3.05) is 33.7 Å². The van der Waals surface area contributed by atoms with Crippen LogP contribution in [0.2, 0.25) is 0 Å². The molecule has 0 atom stereocenters. The molecule has 0 saturated heterocycles. The summed E-state index contributed by atoms with van der Waals surface area (Å²) in [5, 5.41) is 7.65. The zero-order valence-corrected chi connectivity index (χ0v) is 15.9. The number of guanidine groups is 1. The number of hydrogen-bond acceptors (Lipinski definition) is 4. The van der Waals surface area contributed by atoms with Gasteiger partial charge in [0.15, 0.2) is 5.96 Å². The summed E-state index contributed by atoms with van der Waals surface area (Å²) in [6.07, 6.45) is 3.00. The van der Waals surface area contributed by atoms with Gasteiger partial charge in [-0.2, -0.15) is 0 Å².